The van der Waals surface area contributed by atoms with Gasteiger partial charge in [0.25, 0.3) is 0 Å². The molecule has 0 radical (unpaired) electrons. The highest BCUT2D eigenvalue weighted by Crippen LogP contribution is 2.42. The van der Waals surface area contributed by atoms with Crippen molar-refractivity contribution < 1.29 is 23.0 Å². The van der Waals surface area contributed by atoms with Crippen LogP contribution in [0.25, 0.3) is 12.2 Å². The molecule has 1 aliphatic carbocycles. The van der Waals surface area contributed by atoms with E-state index in [9.17, 15) is 23.5 Å². The van der Waals surface area contributed by atoms with E-state index in [1.165, 1.54) is 18.6 Å². The third-order valence-electron chi connectivity index (χ3n) is 7.92. The Hall–Kier alpha value is -4.40. The fraction of sp³-hybridized carbons (Fsp3) is 0.290. The van der Waals surface area contributed by atoms with E-state index in [2.05, 4.69) is 20.9 Å². The van der Waals surface area contributed by atoms with Gasteiger partial charge in [0.2, 0.25) is 0 Å². The van der Waals surface area contributed by atoms with Crippen molar-refractivity contribution in [1.82, 2.24) is 19.5 Å². The molecule has 6 rings (SSSR count). The average Bonchev–Trinajstić information content (AvgIpc) is 3.70. The van der Waals surface area contributed by atoms with E-state index in [-0.39, 0.29) is 10.6 Å². The van der Waals surface area contributed by atoms with Gasteiger partial charge in [-0.15, -0.1) is 0 Å². The molecule has 0 amide bonds. The van der Waals surface area contributed by atoms with Gasteiger partial charge < -0.3 is 19.3 Å². The Morgan fingerprint density at radius 3 is 2.44 bits per heavy atom. The minimum Gasteiger partial charge on any atom is -0.452 e. The van der Waals surface area contributed by atoms with Gasteiger partial charge in [0.1, 0.15) is 17.0 Å². The van der Waals surface area contributed by atoms with Crippen molar-refractivity contribution in [2.24, 2.45) is 13.0 Å². The molecule has 12 heteroatoms. The monoisotopic (exact) mass is 606 g/mol. The summed E-state index contributed by atoms with van der Waals surface area (Å²) in [5.74, 6) is 0.746. The molecule has 4 aromatic rings. The van der Waals surface area contributed by atoms with Gasteiger partial charge in [-0.1, -0.05) is 29.8 Å². The normalized spacial score (nSPS) is 17.8. The number of anilines is 1. The first-order valence-corrected chi connectivity index (χ1v) is 14.0. The first kappa shape index (κ1) is 28.7. The Balaban J connectivity index is 1.50. The SMILES string of the molecule is Cn1cncc1C(O)(c1ccc(C(F)(F)F)nc1)C1C=c2c(Cl)c(Oc3ccc(C#N)cc3)c(N3CCCC3)nc2=CC1. The van der Waals surface area contributed by atoms with Gasteiger partial charge in [-0.3, -0.25) is 4.98 Å². The molecule has 1 aliphatic heterocycles. The second-order valence-electron chi connectivity index (χ2n) is 10.6. The van der Waals surface area contributed by atoms with Crippen molar-refractivity contribution in [2.75, 3.05) is 18.0 Å². The molecule has 2 aliphatic rings. The van der Waals surface area contributed by atoms with Crippen molar-refractivity contribution >= 4 is 29.6 Å². The molecule has 1 fully saturated rings. The summed E-state index contributed by atoms with van der Waals surface area (Å²) >= 11 is 7.08. The largest absolute Gasteiger partial charge is 0.452 e. The maximum atomic E-state index is 13.3. The van der Waals surface area contributed by atoms with Crippen LogP contribution in [-0.4, -0.2) is 37.7 Å². The lowest BCUT2D eigenvalue weighted by molar-refractivity contribution is -0.141. The number of pyridine rings is 2. The van der Waals surface area contributed by atoms with Crippen molar-refractivity contribution in [3.8, 4) is 17.6 Å². The smallest absolute Gasteiger partial charge is 0.433 e. The molecule has 2 unspecified atom stereocenters. The summed E-state index contributed by atoms with van der Waals surface area (Å²) in [5.41, 5.74) is -1.83. The first-order chi connectivity index (χ1) is 20.6. The average molecular weight is 607 g/mol. The molecule has 0 spiro atoms. The fourth-order valence-electron chi connectivity index (χ4n) is 5.68. The van der Waals surface area contributed by atoms with Crippen LogP contribution in [0.2, 0.25) is 5.02 Å². The maximum absolute atomic E-state index is 13.3. The van der Waals surface area contributed by atoms with E-state index < -0.39 is 23.4 Å². The number of fused-ring (bicyclic) bond motifs is 1. The van der Waals surface area contributed by atoms with Gasteiger partial charge in [-0.2, -0.15) is 18.4 Å². The molecule has 8 nitrogen and oxygen atoms in total. The molecular weight excluding hydrogens is 581 g/mol. The van der Waals surface area contributed by atoms with Crippen molar-refractivity contribution in [1.29, 1.82) is 5.26 Å². The van der Waals surface area contributed by atoms with E-state index in [0.717, 1.165) is 38.2 Å². The predicted octanol–water partition coefficient (Wildman–Crippen LogP) is 4.66. The second kappa shape index (κ2) is 11.0. The molecular formula is C31H26ClF3N6O2. The van der Waals surface area contributed by atoms with Crippen LogP contribution < -0.4 is 20.2 Å². The summed E-state index contributed by atoms with van der Waals surface area (Å²) in [5, 5.41) is 23.0. The third kappa shape index (κ3) is 5.21. The Kier molecular flexibility index (Phi) is 7.36. The summed E-state index contributed by atoms with van der Waals surface area (Å²) in [6, 6.07) is 10.8. The van der Waals surface area contributed by atoms with Crippen LogP contribution in [-0.2, 0) is 18.8 Å². The zero-order valence-corrected chi connectivity index (χ0v) is 23.8. The minimum atomic E-state index is -4.62. The highest BCUT2D eigenvalue weighted by atomic mass is 35.5. The summed E-state index contributed by atoms with van der Waals surface area (Å²) < 4.78 is 47.8. The van der Waals surface area contributed by atoms with E-state index in [4.69, 9.17) is 21.3 Å². The number of nitrogens with zero attached hydrogens (tertiary/aromatic N) is 6. The van der Waals surface area contributed by atoms with Gasteiger partial charge in [0, 0.05) is 43.0 Å². The number of alkyl halides is 3. The van der Waals surface area contributed by atoms with E-state index in [1.807, 2.05) is 6.08 Å². The van der Waals surface area contributed by atoms with E-state index in [1.54, 1.807) is 42.0 Å². The number of benzene rings is 1. The summed E-state index contributed by atoms with van der Waals surface area (Å²) in [6.45, 7) is 1.58. The molecule has 0 saturated carbocycles. The summed E-state index contributed by atoms with van der Waals surface area (Å²) in [4.78, 5) is 14.8. The van der Waals surface area contributed by atoms with Crippen LogP contribution >= 0.6 is 11.6 Å². The van der Waals surface area contributed by atoms with Gasteiger partial charge in [0.15, 0.2) is 11.6 Å². The van der Waals surface area contributed by atoms with Gasteiger partial charge >= 0.3 is 6.18 Å². The van der Waals surface area contributed by atoms with Crippen LogP contribution in [0.5, 0.6) is 11.5 Å². The number of nitriles is 1. The van der Waals surface area contributed by atoms with Crippen LogP contribution in [0, 0.1) is 17.2 Å². The van der Waals surface area contributed by atoms with Gasteiger partial charge in [0.05, 0.1) is 40.2 Å². The number of hydrogen-bond acceptors (Lipinski definition) is 7. The first-order valence-electron chi connectivity index (χ1n) is 13.7. The molecule has 1 aromatic carbocycles. The van der Waals surface area contributed by atoms with E-state index in [0.29, 0.717) is 45.6 Å². The van der Waals surface area contributed by atoms with Crippen LogP contribution in [0.1, 0.15) is 41.8 Å². The number of halogens is 4. The van der Waals surface area contributed by atoms with Gasteiger partial charge in [-0.25, -0.2) is 9.97 Å². The lowest BCUT2D eigenvalue weighted by Crippen LogP contribution is -2.43. The fourth-order valence-corrected chi connectivity index (χ4v) is 5.97. The second-order valence-corrected chi connectivity index (χ2v) is 11.0. The maximum Gasteiger partial charge on any atom is 0.433 e. The Bertz CT molecular complexity index is 1830. The summed E-state index contributed by atoms with van der Waals surface area (Å²) in [7, 11) is 1.70. The molecule has 4 heterocycles. The zero-order valence-electron chi connectivity index (χ0n) is 23.0. The number of rotatable bonds is 6. The number of hydrogen-bond donors (Lipinski definition) is 1. The predicted molar refractivity (Wildman–Crippen MR) is 154 cm³/mol. The number of ether oxygens (including phenoxy) is 1. The molecule has 1 saturated heterocycles. The third-order valence-corrected chi connectivity index (χ3v) is 8.30. The minimum absolute atomic E-state index is 0.175. The van der Waals surface area contributed by atoms with E-state index >= 15 is 0 Å². The number of imidazole rings is 1. The highest BCUT2D eigenvalue weighted by Gasteiger charge is 2.43. The number of aromatic nitrogens is 4. The summed E-state index contributed by atoms with van der Waals surface area (Å²) in [6.07, 6.45) is 5.40. The zero-order chi connectivity index (χ0) is 30.4. The highest BCUT2D eigenvalue weighted by molar-refractivity contribution is 6.32. The Labute approximate surface area is 250 Å². The topological polar surface area (TPSA) is 100 Å². The Morgan fingerprint density at radius 2 is 1.84 bits per heavy atom. The number of aliphatic hydroxyl groups is 1. The molecule has 2 atom stereocenters. The van der Waals surface area contributed by atoms with Crippen molar-refractivity contribution in [3.63, 3.8) is 0 Å². The molecule has 43 heavy (non-hydrogen) atoms. The van der Waals surface area contributed by atoms with Gasteiger partial charge in [-0.05, 0) is 49.6 Å². The molecule has 3 aromatic heterocycles. The quantitative estimate of drug-likeness (QED) is 0.341. The molecule has 220 valence electrons. The Morgan fingerprint density at radius 1 is 1.09 bits per heavy atom. The molecule has 1 N–H and O–H groups in total. The lowest BCUT2D eigenvalue weighted by atomic mass is 9.76. The lowest BCUT2D eigenvalue weighted by Gasteiger charge is -2.36. The van der Waals surface area contributed by atoms with Crippen molar-refractivity contribution in [2.45, 2.75) is 31.0 Å². The van der Waals surface area contributed by atoms with Crippen molar-refractivity contribution in [3.05, 3.63) is 93.2 Å². The standard InChI is InChI=1S/C31H26ClF3N6O2/c1-40-18-37-17-26(40)30(42,21-7-11-25(38-16-21)31(33,34)35)20-6-10-24-23(14-20)27(32)28(29(39-24)41-12-2-3-13-41)43-22-8-4-19(15-36)5-9-22/h4-5,7-11,14,16-18,20,42H,2-3,6,12-13H2,1H3. The van der Waals surface area contributed by atoms with Crippen LogP contribution in [0.15, 0.2) is 55.1 Å². The van der Waals surface area contributed by atoms with Crippen LogP contribution in [0.4, 0.5) is 19.0 Å². The van der Waals surface area contributed by atoms with Crippen LogP contribution in [0.3, 0.4) is 0 Å². The molecule has 0 bridgehead atoms. The number of aryl methyl sites for hydroxylation is 1.